The molecule has 0 saturated heterocycles. The smallest absolute Gasteiger partial charge is 0.198 e. The fourth-order valence-electron chi connectivity index (χ4n) is 4.31. The second-order valence-electron chi connectivity index (χ2n) is 7.90. The van der Waals surface area contributed by atoms with Crippen LogP contribution in [-0.4, -0.2) is 0 Å². The first-order chi connectivity index (χ1) is 17.2. The number of benzene rings is 6. The zero-order valence-electron chi connectivity index (χ0n) is 18.0. The van der Waals surface area contributed by atoms with Crippen LogP contribution in [0.4, 0.5) is 35.1 Å². The summed E-state index contributed by atoms with van der Waals surface area (Å²) in [6.07, 6.45) is 0. The van der Waals surface area contributed by atoms with Crippen LogP contribution < -0.4 is 0 Å². The van der Waals surface area contributed by atoms with E-state index in [2.05, 4.69) is 72.8 Å². The Morgan fingerprint density at radius 1 is 0.250 bits per heavy atom. The molecule has 8 heteroatoms. The van der Waals surface area contributed by atoms with E-state index in [0.717, 1.165) is 0 Å². The van der Waals surface area contributed by atoms with Crippen molar-refractivity contribution < 1.29 is 35.1 Å². The normalized spacial score (nSPS) is 11.3. The van der Waals surface area contributed by atoms with Gasteiger partial charge in [0, 0.05) is 0 Å². The summed E-state index contributed by atoms with van der Waals surface area (Å²) in [5.74, 6) is -19.2. The molecule has 0 nitrogen and oxygen atoms in total. The van der Waals surface area contributed by atoms with Crippen LogP contribution in [0.2, 0.25) is 0 Å². The summed E-state index contributed by atoms with van der Waals surface area (Å²) in [7, 11) is 0. The van der Waals surface area contributed by atoms with Crippen LogP contribution in [0.5, 0.6) is 0 Å². The molecule has 0 heterocycles. The van der Waals surface area contributed by atoms with E-state index in [4.69, 9.17) is 0 Å². The van der Waals surface area contributed by atoms with Crippen molar-refractivity contribution in [1.82, 2.24) is 0 Å². The van der Waals surface area contributed by atoms with Gasteiger partial charge in [-0.05, 0) is 32.3 Å². The second kappa shape index (κ2) is 8.78. The van der Waals surface area contributed by atoms with Gasteiger partial charge in [0.2, 0.25) is 0 Å². The maximum absolute atomic E-state index is 13.1. The Morgan fingerprint density at radius 2 is 0.417 bits per heavy atom. The summed E-state index contributed by atoms with van der Waals surface area (Å²) in [4.78, 5) is 0. The Hall–Kier alpha value is -4.20. The number of hydrogen-bond donors (Lipinski definition) is 0. The van der Waals surface area contributed by atoms with Gasteiger partial charge < -0.3 is 0 Å². The van der Waals surface area contributed by atoms with Gasteiger partial charge in [-0.25, -0.2) is 35.1 Å². The monoisotopic (exact) mass is 500 g/mol. The molecule has 0 aliphatic heterocycles. The first-order valence-corrected chi connectivity index (χ1v) is 10.5. The molecule has 0 unspecified atom stereocenters. The zero-order valence-corrected chi connectivity index (χ0v) is 18.0. The zero-order chi connectivity index (χ0) is 25.7. The summed E-state index contributed by atoms with van der Waals surface area (Å²) in [6.45, 7) is 0. The predicted octanol–water partition coefficient (Wildman–Crippen LogP) is 9.10. The highest BCUT2D eigenvalue weighted by Crippen LogP contribution is 2.35. The molecule has 0 spiro atoms. The van der Waals surface area contributed by atoms with E-state index in [-0.39, 0.29) is 0 Å². The molecule has 0 amide bonds. The molecule has 0 atom stereocenters. The summed E-state index contributed by atoms with van der Waals surface area (Å²) in [5, 5.41) is 4.38. The van der Waals surface area contributed by atoms with Crippen molar-refractivity contribution in [3.05, 3.63) is 119 Å². The highest BCUT2D eigenvalue weighted by Gasteiger charge is 2.30. The standard InChI is InChI=1S/C18H12.C10F8/c1-2-8-14-13(7-1)15-9-3-4-11-17(15)18-12-6-5-10-16(14)18;11-3-1-2(5(13)9(17)7(3)15)6(14)10(18)8(16)4(1)12/h1-12H;. The van der Waals surface area contributed by atoms with E-state index in [9.17, 15) is 35.1 Å². The lowest BCUT2D eigenvalue weighted by atomic mass is 9.95. The summed E-state index contributed by atoms with van der Waals surface area (Å²) >= 11 is 0. The predicted molar refractivity (Wildman–Crippen MR) is 123 cm³/mol. The van der Waals surface area contributed by atoms with Crippen molar-refractivity contribution in [3.8, 4) is 0 Å². The Balaban J connectivity index is 0.000000148. The van der Waals surface area contributed by atoms with Gasteiger partial charge in [0.1, 0.15) is 0 Å². The quantitative estimate of drug-likeness (QED) is 0.0845. The second-order valence-corrected chi connectivity index (χ2v) is 7.90. The van der Waals surface area contributed by atoms with Crippen molar-refractivity contribution >= 4 is 43.1 Å². The van der Waals surface area contributed by atoms with Crippen LogP contribution >= 0.6 is 0 Å². The lowest BCUT2D eigenvalue weighted by Crippen LogP contribution is -2.06. The topological polar surface area (TPSA) is 0 Å². The van der Waals surface area contributed by atoms with Crippen LogP contribution in [0.15, 0.2) is 72.8 Å². The van der Waals surface area contributed by atoms with Crippen molar-refractivity contribution in [2.45, 2.75) is 0 Å². The molecule has 0 saturated carbocycles. The lowest BCUT2D eigenvalue weighted by molar-refractivity contribution is 0.395. The highest BCUT2D eigenvalue weighted by atomic mass is 19.2. The summed E-state index contributed by atoms with van der Waals surface area (Å²) in [5.41, 5.74) is 0. The molecule has 0 aromatic heterocycles. The minimum absolute atomic E-state index is 1.34. The number of halogens is 8. The van der Waals surface area contributed by atoms with Gasteiger partial charge >= 0.3 is 0 Å². The fraction of sp³-hybridized carbons (Fsp3) is 0. The Bertz CT molecular complexity index is 1490. The van der Waals surface area contributed by atoms with Gasteiger partial charge in [0.15, 0.2) is 46.5 Å². The van der Waals surface area contributed by atoms with E-state index in [1.807, 2.05) is 0 Å². The molecule has 0 fully saturated rings. The van der Waals surface area contributed by atoms with Gasteiger partial charge in [-0.3, -0.25) is 0 Å². The van der Waals surface area contributed by atoms with Crippen LogP contribution in [0, 0.1) is 46.5 Å². The van der Waals surface area contributed by atoms with E-state index in [0.29, 0.717) is 0 Å². The molecule has 0 aliphatic rings. The first-order valence-electron chi connectivity index (χ1n) is 10.5. The average Bonchev–Trinajstić information content (AvgIpc) is 2.92. The van der Waals surface area contributed by atoms with Crippen LogP contribution in [0.25, 0.3) is 43.1 Å². The lowest BCUT2D eigenvalue weighted by Gasteiger charge is -2.09. The van der Waals surface area contributed by atoms with Crippen LogP contribution in [0.1, 0.15) is 0 Å². The van der Waals surface area contributed by atoms with Gasteiger partial charge in [0.05, 0.1) is 10.8 Å². The Labute approximate surface area is 198 Å². The third-order valence-electron chi connectivity index (χ3n) is 5.94. The van der Waals surface area contributed by atoms with Gasteiger partial charge in [-0.2, -0.15) is 0 Å². The van der Waals surface area contributed by atoms with Gasteiger partial charge in [-0.15, -0.1) is 0 Å². The minimum Gasteiger partial charge on any atom is -0.203 e. The molecule has 0 radical (unpaired) electrons. The Kier molecular flexibility index (Phi) is 5.74. The number of rotatable bonds is 0. The minimum atomic E-state index is -2.45. The summed E-state index contributed by atoms with van der Waals surface area (Å²) < 4.78 is 104. The average molecular weight is 500 g/mol. The van der Waals surface area contributed by atoms with Gasteiger partial charge in [-0.1, -0.05) is 72.8 Å². The maximum Gasteiger partial charge on any atom is 0.198 e. The van der Waals surface area contributed by atoms with Gasteiger partial charge in [0.25, 0.3) is 0 Å². The largest absolute Gasteiger partial charge is 0.203 e. The molecule has 36 heavy (non-hydrogen) atoms. The third kappa shape index (κ3) is 3.44. The first kappa shape index (κ1) is 23.5. The molecule has 6 aromatic carbocycles. The molecule has 0 bridgehead atoms. The van der Waals surface area contributed by atoms with E-state index in [1.54, 1.807) is 0 Å². The van der Waals surface area contributed by atoms with E-state index < -0.39 is 57.3 Å². The molecule has 6 rings (SSSR count). The molecular weight excluding hydrogens is 488 g/mol. The van der Waals surface area contributed by atoms with Crippen molar-refractivity contribution in [3.63, 3.8) is 0 Å². The summed E-state index contributed by atoms with van der Waals surface area (Å²) in [6, 6.07) is 26.0. The van der Waals surface area contributed by atoms with Crippen molar-refractivity contribution in [2.75, 3.05) is 0 Å². The van der Waals surface area contributed by atoms with E-state index in [1.165, 1.54) is 32.3 Å². The van der Waals surface area contributed by atoms with Crippen molar-refractivity contribution in [2.24, 2.45) is 0 Å². The van der Waals surface area contributed by atoms with E-state index >= 15 is 0 Å². The fourth-order valence-corrected chi connectivity index (χ4v) is 4.31. The number of hydrogen-bond acceptors (Lipinski definition) is 0. The highest BCUT2D eigenvalue weighted by molar-refractivity contribution is 6.25. The van der Waals surface area contributed by atoms with Crippen molar-refractivity contribution in [1.29, 1.82) is 0 Å². The molecule has 0 aliphatic carbocycles. The SMILES string of the molecule is Fc1c(F)c(F)c2c(F)c(F)c(F)c(F)c2c1F.c1ccc2c(c1)c1ccccc1c1ccccc21. The maximum atomic E-state index is 13.1. The molecular formula is C28H12F8. The number of fused-ring (bicyclic) bond motifs is 7. The molecule has 6 aromatic rings. The molecule has 180 valence electrons. The Morgan fingerprint density at radius 3 is 0.583 bits per heavy atom. The van der Waals surface area contributed by atoms with Crippen LogP contribution in [0.3, 0.4) is 0 Å². The third-order valence-corrected chi connectivity index (χ3v) is 5.94. The van der Waals surface area contributed by atoms with Crippen LogP contribution in [-0.2, 0) is 0 Å². The molecule has 0 N–H and O–H groups in total.